The molecule has 0 saturated carbocycles. The Labute approximate surface area is 173 Å². The standard InChI is InChI=1S/C23H20O7/c1-4-29-19(24)13-18-22(26)20(21(25)14-5-9-16(27-2)10-6-14)23(30-18)15-7-11-17(28-3)12-8-15/h5-13H,4H2,1-3H3/b18-13-. The van der Waals surface area contributed by atoms with E-state index in [2.05, 4.69) is 0 Å². The fourth-order valence-electron chi connectivity index (χ4n) is 2.86. The maximum Gasteiger partial charge on any atom is 0.334 e. The zero-order chi connectivity index (χ0) is 21.7. The summed E-state index contributed by atoms with van der Waals surface area (Å²) in [7, 11) is 3.05. The van der Waals surface area contributed by atoms with Crippen LogP contribution in [0, 0.1) is 0 Å². The minimum atomic E-state index is -0.729. The molecule has 0 aromatic heterocycles. The lowest BCUT2D eigenvalue weighted by Crippen LogP contribution is -2.12. The van der Waals surface area contributed by atoms with Gasteiger partial charge in [0.2, 0.25) is 11.6 Å². The molecule has 0 bridgehead atoms. The fraction of sp³-hybridized carbons (Fsp3) is 0.174. The van der Waals surface area contributed by atoms with Crippen molar-refractivity contribution in [3.05, 3.63) is 77.1 Å². The molecule has 0 saturated heterocycles. The number of benzene rings is 2. The number of esters is 1. The van der Waals surface area contributed by atoms with Gasteiger partial charge in [-0.15, -0.1) is 0 Å². The van der Waals surface area contributed by atoms with Crippen LogP contribution in [0.4, 0.5) is 0 Å². The van der Waals surface area contributed by atoms with E-state index in [-0.39, 0.29) is 29.3 Å². The number of hydrogen-bond donors (Lipinski definition) is 0. The molecular formula is C23H20O7. The Kier molecular flexibility index (Phi) is 6.32. The molecule has 0 aliphatic carbocycles. The molecule has 1 aliphatic heterocycles. The molecule has 1 heterocycles. The van der Waals surface area contributed by atoms with Crippen LogP contribution in [0.3, 0.4) is 0 Å². The number of ketones is 2. The van der Waals surface area contributed by atoms with Crippen molar-refractivity contribution in [3.63, 3.8) is 0 Å². The Morgan fingerprint density at radius 1 is 0.933 bits per heavy atom. The predicted octanol–water partition coefficient (Wildman–Crippen LogP) is 3.34. The Morgan fingerprint density at radius 3 is 2.03 bits per heavy atom. The van der Waals surface area contributed by atoms with Gasteiger partial charge in [-0.1, -0.05) is 0 Å². The first kappa shape index (κ1) is 20.9. The Bertz CT molecular complexity index is 1030. The monoisotopic (exact) mass is 408 g/mol. The molecule has 1 aliphatic rings. The Hall–Kier alpha value is -3.87. The highest BCUT2D eigenvalue weighted by molar-refractivity contribution is 6.36. The van der Waals surface area contributed by atoms with Crippen LogP contribution in [0.1, 0.15) is 22.8 Å². The molecule has 30 heavy (non-hydrogen) atoms. The van der Waals surface area contributed by atoms with E-state index in [1.165, 1.54) is 14.2 Å². The highest BCUT2D eigenvalue weighted by atomic mass is 16.5. The summed E-state index contributed by atoms with van der Waals surface area (Å²) in [5.74, 6) is -0.958. The number of hydrogen-bond acceptors (Lipinski definition) is 7. The third-order valence-electron chi connectivity index (χ3n) is 4.36. The van der Waals surface area contributed by atoms with Gasteiger partial charge in [-0.25, -0.2) is 4.79 Å². The van der Waals surface area contributed by atoms with Crippen molar-refractivity contribution in [3.8, 4) is 11.5 Å². The van der Waals surface area contributed by atoms with Gasteiger partial charge in [-0.2, -0.15) is 0 Å². The van der Waals surface area contributed by atoms with Gasteiger partial charge in [0, 0.05) is 11.1 Å². The van der Waals surface area contributed by atoms with E-state index in [0.717, 1.165) is 6.08 Å². The summed E-state index contributed by atoms with van der Waals surface area (Å²) < 4.78 is 20.8. The van der Waals surface area contributed by atoms with Crippen molar-refractivity contribution in [2.24, 2.45) is 0 Å². The van der Waals surface area contributed by atoms with Crippen molar-refractivity contribution in [1.82, 2.24) is 0 Å². The third-order valence-corrected chi connectivity index (χ3v) is 4.36. The number of methoxy groups -OCH3 is 2. The average molecular weight is 408 g/mol. The molecule has 2 aromatic rings. The molecule has 0 unspecified atom stereocenters. The Morgan fingerprint density at radius 2 is 1.50 bits per heavy atom. The third kappa shape index (κ3) is 4.25. The first-order valence-corrected chi connectivity index (χ1v) is 9.17. The second kappa shape index (κ2) is 9.09. The minimum Gasteiger partial charge on any atom is -0.497 e. The summed E-state index contributed by atoms with van der Waals surface area (Å²) in [4.78, 5) is 37.9. The molecule has 7 nitrogen and oxygen atoms in total. The SMILES string of the molecule is CCOC(=O)/C=C1\OC(c2ccc(OC)cc2)=C(C(=O)c2ccc(OC)cc2)C1=O. The van der Waals surface area contributed by atoms with Gasteiger partial charge in [-0.3, -0.25) is 9.59 Å². The predicted molar refractivity (Wildman–Crippen MR) is 108 cm³/mol. The van der Waals surface area contributed by atoms with Crippen LogP contribution >= 0.6 is 0 Å². The highest BCUT2D eigenvalue weighted by Crippen LogP contribution is 2.35. The van der Waals surface area contributed by atoms with E-state index < -0.39 is 17.5 Å². The van der Waals surface area contributed by atoms with Crippen LogP contribution in [-0.2, 0) is 19.1 Å². The molecule has 2 aromatic carbocycles. The number of allylic oxidation sites excluding steroid dienone is 1. The van der Waals surface area contributed by atoms with Gasteiger partial charge in [0.05, 0.1) is 26.9 Å². The van der Waals surface area contributed by atoms with Crippen LogP contribution in [0.2, 0.25) is 0 Å². The number of rotatable bonds is 7. The largest absolute Gasteiger partial charge is 0.497 e. The van der Waals surface area contributed by atoms with E-state index >= 15 is 0 Å². The van der Waals surface area contributed by atoms with Gasteiger partial charge in [-0.05, 0) is 55.5 Å². The topological polar surface area (TPSA) is 88.1 Å². The number of ether oxygens (including phenoxy) is 4. The van der Waals surface area contributed by atoms with Crippen LogP contribution in [0.25, 0.3) is 5.76 Å². The van der Waals surface area contributed by atoms with Crippen molar-refractivity contribution in [2.45, 2.75) is 6.92 Å². The van der Waals surface area contributed by atoms with Crippen LogP contribution in [0.5, 0.6) is 11.5 Å². The zero-order valence-corrected chi connectivity index (χ0v) is 16.8. The minimum absolute atomic E-state index is 0.0685. The number of carbonyl (C=O) groups excluding carboxylic acids is 3. The molecule has 0 atom stereocenters. The summed E-state index contributed by atoms with van der Waals surface area (Å²) >= 11 is 0. The van der Waals surface area contributed by atoms with Crippen molar-refractivity contribution < 1.29 is 33.3 Å². The van der Waals surface area contributed by atoms with E-state index in [1.54, 1.807) is 55.5 Å². The number of carbonyl (C=O) groups is 3. The molecule has 0 radical (unpaired) electrons. The maximum absolute atomic E-state index is 13.2. The first-order chi connectivity index (χ1) is 14.5. The van der Waals surface area contributed by atoms with Crippen molar-refractivity contribution in [2.75, 3.05) is 20.8 Å². The van der Waals surface area contributed by atoms with Crippen molar-refractivity contribution >= 4 is 23.3 Å². The quantitative estimate of drug-likeness (QED) is 0.300. The summed E-state index contributed by atoms with van der Waals surface area (Å²) in [6.07, 6.45) is 0.948. The number of Topliss-reactive ketones (excluding diaryl/α,β-unsaturated/α-hetero) is 2. The average Bonchev–Trinajstić information content (AvgIpc) is 3.09. The zero-order valence-electron chi connectivity index (χ0n) is 16.8. The molecular weight excluding hydrogens is 388 g/mol. The lowest BCUT2D eigenvalue weighted by Gasteiger charge is -2.07. The lowest BCUT2D eigenvalue weighted by molar-refractivity contribution is -0.137. The van der Waals surface area contributed by atoms with Gasteiger partial charge >= 0.3 is 5.97 Å². The second-order valence-corrected chi connectivity index (χ2v) is 6.18. The normalized spacial score (nSPS) is 14.5. The summed E-state index contributed by atoms with van der Waals surface area (Å²) in [6, 6.07) is 13.0. The van der Waals surface area contributed by atoms with Gasteiger partial charge in [0.1, 0.15) is 22.8 Å². The lowest BCUT2D eigenvalue weighted by atomic mass is 9.97. The first-order valence-electron chi connectivity index (χ1n) is 9.17. The molecule has 0 spiro atoms. The Balaban J connectivity index is 2.05. The molecule has 0 N–H and O–H groups in total. The van der Waals surface area contributed by atoms with E-state index in [9.17, 15) is 14.4 Å². The van der Waals surface area contributed by atoms with Crippen LogP contribution in [-0.4, -0.2) is 38.4 Å². The molecule has 0 fully saturated rings. The highest BCUT2D eigenvalue weighted by Gasteiger charge is 2.37. The molecule has 154 valence electrons. The molecule has 7 heteroatoms. The summed E-state index contributed by atoms with van der Waals surface area (Å²) in [5, 5.41) is 0. The van der Waals surface area contributed by atoms with E-state index in [1.807, 2.05) is 0 Å². The molecule has 3 rings (SSSR count). The summed E-state index contributed by atoms with van der Waals surface area (Å²) in [5.41, 5.74) is 0.611. The fourth-order valence-corrected chi connectivity index (χ4v) is 2.86. The van der Waals surface area contributed by atoms with Crippen LogP contribution in [0.15, 0.2) is 65.9 Å². The second-order valence-electron chi connectivity index (χ2n) is 6.18. The molecule has 0 amide bonds. The van der Waals surface area contributed by atoms with Gasteiger partial charge < -0.3 is 18.9 Å². The van der Waals surface area contributed by atoms with Gasteiger partial charge in [0.25, 0.3) is 0 Å². The summed E-state index contributed by atoms with van der Waals surface area (Å²) in [6.45, 7) is 1.79. The van der Waals surface area contributed by atoms with E-state index in [4.69, 9.17) is 18.9 Å². The maximum atomic E-state index is 13.2. The smallest absolute Gasteiger partial charge is 0.334 e. The van der Waals surface area contributed by atoms with Gasteiger partial charge in [0.15, 0.2) is 5.76 Å². The van der Waals surface area contributed by atoms with Crippen LogP contribution < -0.4 is 9.47 Å². The van der Waals surface area contributed by atoms with E-state index in [0.29, 0.717) is 17.1 Å². The van der Waals surface area contributed by atoms with Crippen molar-refractivity contribution in [1.29, 1.82) is 0 Å².